The van der Waals surface area contributed by atoms with Gasteiger partial charge in [0, 0.05) is 0 Å². The van der Waals surface area contributed by atoms with Crippen molar-refractivity contribution in [2.75, 3.05) is 0 Å². The average Bonchev–Trinajstić information content (AvgIpc) is 2.81. The minimum atomic E-state index is 0.631. The van der Waals surface area contributed by atoms with Gasteiger partial charge in [0.1, 0.15) is 0 Å². The van der Waals surface area contributed by atoms with E-state index in [4.69, 9.17) is 0 Å². The van der Waals surface area contributed by atoms with Crippen molar-refractivity contribution < 1.29 is 0 Å². The largest absolute Gasteiger partial charge is 0.0649 e. The first kappa shape index (κ1) is 10.1. The van der Waals surface area contributed by atoms with Crippen LogP contribution in [0.3, 0.4) is 0 Å². The second kappa shape index (κ2) is 3.40. The van der Waals surface area contributed by atoms with Gasteiger partial charge in [-0.05, 0) is 36.5 Å². The van der Waals surface area contributed by atoms with Crippen LogP contribution in [0.2, 0.25) is 0 Å². The summed E-state index contributed by atoms with van der Waals surface area (Å²) in [5.41, 5.74) is 1.39. The molecule has 1 fully saturated rings. The Bertz CT molecular complexity index is 138. The van der Waals surface area contributed by atoms with Crippen molar-refractivity contribution in [3.05, 3.63) is 0 Å². The molecule has 1 aliphatic carbocycles. The van der Waals surface area contributed by atoms with E-state index in [1.54, 1.807) is 0 Å². The molecular formula is C12H24. The van der Waals surface area contributed by atoms with Crippen LogP contribution in [0, 0.1) is 10.8 Å². The Balaban J connectivity index is 2.28. The maximum absolute atomic E-state index is 2.44. The van der Waals surface area contributed by atoms with E-state index in [9.17, 15) is 0 Å². The summed E-state index contributed by atoms with van der Waals surface area (Å²) in [4.78, 5) is 0. The SMILES string of the molecule is CCC(C)(CC)CCC1(C)CC1. The third kappa shape index (κ3) is 2.50. The molecule has 1 rings (SSSR count). The molecule has 0 radical (unpaired) electrons. The van der Waals surface area contributed by atoms with Crippen molar-refractivity contribution in [1.82, 2.24) is 0 Å². The molecule has 12 heavy (non-hydrogen) atoms. The van der Waals surface area contributed by atoms with Crippen LogP contribution >= 0.6 is 0 Å². The lowest BCUT2D eigenvalue weighted by molar-refractivity contribution is 0.243. The van der Waals surface area contributed by atoms with E-state index in [-0.39, 0.29) is 0 Å². The van der Waals surface area contributed by atoms with E-state index < -0.39 is 0 Å². The zero-order valence-corrected chi connectivity index (χ0v) is 9.24. The molecule has 0 N–H and O–H groups in total. The molecule has 1 saturated carbocycles. The normalized spacial score (nSPS) is 21.0. The van der Waals surface area contributed by atoms with Gasteiger partial charge in [0.25, 0.3) is 0 Å². The van der Waals surface area contributed by atoms with Crippen LogP contribution in [-0.2, 0) is 0 Å². The molecule has 1 aliphatic rings. The number of rotatable bonds is 5. The van der Waals surface area contributed by atoms with E-state index in [1.165, 1.54) is 38.5 Å². The molecule has 0 amide bonds. The topological polar surface area (TPSA) is 0 Å². The highest BCUT2D eigenvalue weighted by Crippen LogP contribution is 2.51. The molecule has 0 spiro atoms. The molecule has 0 heteroatoms. The van der Waals surface area contributed by atoms with E-state index in [1.807, 2.05) is 0 Å². The second-order valence-corrected chi connectivity index (χ2v) is 5.33. The molecule has 0 unspecified atom stereocenters. The van der Waals surface area contributed by atoms with E-state index in [0.29, 0.717) is 5.41 Å². The van der Waals surface area contributed by atoms with Gasteiger partial charge >= 0.3 is 0 Å². The van der Waals surface area contributed by atoms with Gasteiger partial charge in [-0.15, -0.1) is 0 Å². The Kier molecular flexibility index (Phi) is 2.85. The summed E-state index contributed by atoms with van der Waals surface area (Å²) in [5.74, 6) is 0. The summed E-state index contributed by atoms with van der Waals surface area (Å²) in [6, 6.07) is 0. The predicted octanol–water partition coefficient (Wildman–Crippen LogP) is 4.39. The first-order valence-corrected chi connectivity index (χ1v) is 5.54. The van der Waals surface area contributed by atoms with Gasteiger partial charge in [-0.25, -0.2) is 0 Å². The molecule has 0 aliphatic heterocycles. The van der Waals surface area contributed by atoms with Crippen molar-refractivity contribution in [3.63, 3.8) is 0 Å². The van der Waals surface area contributed by atoms with Gasteiger partial charge < -0.3 is 0 Å². The van der Waals surface area contributed by atoms with Crippen molar-refractivity contribution in [2.24, 2.45) is 10.8 Å². The minimum Gasteiger partial charge on any atom is -0.0649 e. The molecule has 0 saturated heterocycles. The number of hydrogen-bond acceptors (Lipinski definition) is 0. The van der Waals surface area contributed by atoms with Gasteiger partial charge in [0.05, 0.1) is 0 Å². The monoisotopic (exact) mass is 168 g/mol. The summed E-state index contributed by atoms with van der Waals surface area (Å²) in [6.45, 7) is 9.55. The van der Waals surface area contributed by atoms with Crippen LogP contribution < -0.4 is 0 Å². The van der Waals surface area contributed by atoms with Crippen LogP contribution in [0.25, 0.3) is 0 Å². The fourth-order valence-corrected chi connectivity index (χ4v) is 1.67. The van der Waals surface area contributed by atoms with Crippen LogP contribution in [0.5, 0.6) is 0 Å². The Labute approximate surface area is 77.7 Å². The zero-order chi connectivity index (χ0) is 9.24. The highest BCUT2D eigenvalue weighted by Gasteiger charge is 2.38. The molecule has 0 bridgehead atoms. The maximum atomic E-state index is 2.44. The third-order valence-electron chi connectivity index (χ3n) is 4.14. The molecule has 0 aromatic rings. The molecule has 0 aromatic heterocycles. The molecule has 0 nitrogen and oxygen atoms in total. The van der Waals surface area contributed by atoms with Gasteiger partial charge in [0.2, 0.25) is 0 Å². The molecule has 0 aromatic carbocycles. The summed E-state index contributed by atoms with van der Waals surface area (Å²) in [5, 5.41) is 0. The van der Waals surface area contributed by atoms with Crippen molar-refractivity contribution in [1.29, 1.82) is 0 Å². The summed E-state index contributed by atoms with van der Waals surface area (Å²) < 4.78 is 0. The smallest absolute Gasteiger partial charge is 0.0325 e. The molecule has 0 atom stereocenters. The third-order valence-corrected chi connectivity index (χ3v) is 4.14. The zero-order valence-electron chi connectivity index (χ0n) is 9.24. The standard InChI is InChI=1S/C12H24/c1-5-11(3,6-2)7-8-12(4)9-10-12/h5-10H2,1-4H3. The molecule has 0 heterocycles. The first-order valence-electron chi connectivity index (χ1n) is 5.54. The van der Waals surface area contributed by atoms with Gasteiger partial charge in [-0.3, -0.25) is 0 Å². The van der Waals surface area contributed by atoms with Crippen LogP contribution in [0.15, 0.2) is 0 Å². The van der Waals surface area contributed by atoms with Crippen molar-refractivity contribution in [3.8, 4) is 0 Å². The van der Waals surface area contributed by atoms with E-state index in [2.05, 4.69) is 27.7 Å². The van der Waals surface area contributed by atoms with E-state index in [0.717, 1.165) is 5.41 Å². The Morgan fingerprint density at radius 1 is 1.17 bits per heavy atom. The summed E-state index contributed by atoms with van der Waals surface area (Å²) in [7, 11) is 0. The lowest BCUT2D eigenvalue weighted by Gasteiger charge is -2.28. The lowest BCUT2D eigenvalue weighted by atomic mass is 9.78. The average molecular weight is 168 g/mol. The first-order chi connectivity index (χ1) is 5.54. The quantitative estimate of drug-likeness (QED) is 0.571. The number of hydrogen-bond donors (Lipinski definition) is 0. The van der Waals surface area contributed by atoms with Crippen molar-refractivity contribution >= 4 is 0 Å². The fraction of sp³-hybridized carbons (Fsp3) is 1.00. The predicted molar refractivity (Wildman–Crippen MR) is 55.3 cm³/mol. The van der Waals surface area contributed by atoms with Crippen LogP contribution in [0.4, 0.5) is 0 Å². The highest BCUT2D eigenvalue weighted by atomic mass is 14.4. The fourth-order valence-electron chi connectivity index (χ4n) is 1.67. The van der Waals surface area contributed by atoms with Gasteiger partial charge in [0.15, 0.2) is 0 Å². The van der Waals surface area contributed by atoms with E-state index >= 15 is 0 Å². The summed E-state index contributed by atoms with van der Waals surface area (Å²) in [6.07, 6.45) is 8.56. The maximum Gasteiger partial charge on any atom is -0.0325 e. The van der Waals surface area contributed by atoms with Crippen LogP contribution in [0.1, 0.15) is 66.2 Å². The van der Waals surface area contributed by atoms with Crippen LogP contribution in [-0.4, -0.2) is 0 Å². The van der Waals surface area contributed by atoms with Gasteiger partial charge in [-0.1, -0.05) is 40.5 Å². The minimum absolute atomic E-state index is 0.631. The Morgan fingerprint density at radius 3 is 2.00 bits per heavy atom. The van der Waals surface area contributed by atoms with Crippen molar-refractivity contribution in [2.45, 2.75) is 66.2 Å². The Morgan fingerprint density at radius 2 is 1.67 bits per heavy atom. The molecular weight excluding hydrogens is 144 g/mol. The van der Waals surface area contributed by atoms with Gasteiger partial charge in [-0.2, -0.15) is 0 Å². The Hall–Kier alpha value is 0. The molecule has 72 valence electrons. The summed E-state index contributed by atoms with van der Waals surface area (Å²) >= 11 is 0. The second-order valence-electron chi connectivity index (χ2n) is 5.33. The lowest BCUT2D eigenvalue weighted by Crippen LogP contribution is -2.15. The highest BCUT2D eigenvalue weighted by molar-refractivity contribution is 4.90.